The molecule has 6 nitrogen and oxygen atoms in total. The second-order valence-corrected chi connectivity index (χ2v) is 7.05. The molecule has 138 valence electrons. The van der Waals surface area contributed by atoms with Crippen molar-refractivity contribution in [3.8, 4) is 0 Å². The first-order chi connectivity index (χ1) is 12.9. The number of carbonyl (C=O) groups excluding carboxylic acids is 1. The Hall–Kier alpha value is -2.93. The first-order valence-electron chi connectivity index (χ1n) is 8.34. The predicted molar refractivity (Wildman–Crippen MR) is 108 cm³/mol. The molecular formula is C20H18BrN3O3. The number of rotatable bonds is 5. The van der Waals surface area contributed by atoms with Gasteiger partial charge in [0.25, 0.3) is 5.56 Å². The molecule has 1 aromatic heterocycles. The van der Waals surface area contributed by atoms with Gasteiger partial charge in [-0.2, -0.15) is 0 Å². The SMILES string of the molecule is Cc1ccccc1Cn1ccc(=O)n(CC(=O)Nc2ccc(Br)cc2)c1=O. The lowest BCUT2D eigenvalue weighted by Crippen LogP contribution is -2.41. The molecule has 27 heavy (non-hydrogen) atoms. The lowest BCUT2D eigenvalue weighted by atomic mass is 10.1. The lowest BCUT2D eigenvalue weighted by molar-refractivity contribution is -0.116. The van der Waals surface area contributed by atoms with Gasteiger partial charge in [0, 0.05) is 22.4 Å². The predicted octanol–water partition coefficient (Wildman–Crippen LogP) is 2.77. The molecule has 3 aromatic rings. The zero-order valence-electron chi connectivity index (χ0n) is 14.7. The maximum atomic E-state index is 12.7. The average Bonchev–Trinajstić information content (AvgIpc) is 2.64. The molecular weight excluding hydrogens is 410 g/mol. The average molecular weight is 428 g/mol. The summed E-state index contributed by atoms with van der Waals surface area (Å²) in [4.78, 5) is 37.0. The number of benzene rings is 2. The fourth-order valence-corrected chi connectivity index (χ4v) is 2.94. The van der Waals surface area contributed by atoms with E-state index in [1.165, 1.54) is 16.8 Å². The van der Waals surface area contributed by atoms with Gasteiger partial charge in [0.2, 0.25) is 5.91 Å². The van der Waals surface area contributed by atoms with Crippen LogP contribution in [0.1, 0.15) is 11.1 Å². The third-order valence-corrected chi connectivity index (χ3v) is 4.70. The van der Waals surface area contributed by atoms with E-state index in [-0.39, 0.29) is 6.54 Å². The van der Waals surface area contributed by atoms with Crippen molar-refractivity contribution in [1.82, 2.24) is 9.13 Å². The minimum absolute atomic E-state index is 0.333. The third-order valence-electron chi connectivity index (χ3n) is 4.17. The van der Waals surface area contributed by atoms with E-state index in [0.717, 1.165) is 20.2 Å². The van der Waals surface area contributed by atoms with Gasteiger partial charge in [-0.15, -0.1) is 0 Å². The molecule has 0 aliphatic heterocycles. The van der Waals surface area contributed by atoms with Gasteiger partial charge >= 0.3 is 5.69 Å². The summed E-state index contributed by atoms with van der Waals surface area (Å²) in [7, 11) is 0. The number of carbonyl (C=O) groups is 1. The quantitative estimate of drug-likeness (QED) is 0.680. The largest absolute Gasteiger partial charge is 0.331 e. The van der Waals surface area contributed by atoms with Crippen LogP contribution in [0.25, 0.3) is 0 Å². The number of hydrogen-bond acceptors (Lipinski definition) is 3. The number of hydrogen-bond donors (Lipinski definition) is 1. The minimum atomic E-state index is -0.517. The van der Waals surface area contributed by atoms with Crippen LogP contribution in [0.3, 0.4) is 0 Å². The summed E-state index contributed by atoms with van der Waals surface area (Å²) >= 11 is 3.32. The Labute approximate surface area is 164 Å². The van der Waals surface area contributed by atoms with Crippen LogP contribution in [0.5, 0.6) is 0 Å². The van der Waals surface area contributed by atoms with E-state index < -0.39 is 17.2 Å². The van der Waals surface area contributed by atoms with Crippen molar-refractivity contribution in [3.05, 3.63) is 97.2 Å². The molecule has 0 atom stereocenters. The van der Waals surface area contributed by atoms with Crippen LogP contribution in [0.2, 0.25) is 0 Å². The van der Waals surface area contributed by atoms with Crippen LogP contribution in [-0.2, 0) is 17.9 Å². The fourth-order valence-electron chi connectivity index (χ4n) is 2.67. The second kappa shape index (κ2) is 8.18. The summed E-state index contributed by atoms with van der Waals surface area (Å²) in [5.41, 5.74) is 1.59. The van der Waals surface area contributed by atoms with E-state index in [9.17, 15) is 14.4 Å². The Bertz CT molecular complexity index is 1080. The van der Waals surface area contributed by atoms with Gasteiger partial charge in [0.05, 0.1) is 6.54 Å². The molecule has 0 spiro atoms. The van der Waals surface area contributed by atoms with Gasteiger partial charge < -0.3 is 5.32 Å². The topological polar surface area (TPSA) is 73.1 Å². The Morgan fingerprint density at radius 3 is 2.44 bits per heavy atom. The summed E-state index contributed by atoms with van der Waals surface area (Å²) < 4.78 is 3.25. The number of nitrogens with one attached hydrogen (secondary N) is 1. The van der Waals surface area contributed by atoms with Crippen LogP contribution in [0.15, 0.2) is 74.9 Å². The molecule has 0 saturated heterocycles. The Balaban J connectivity index is 1.82. The molecule has 0 aliphatic carbocycles. The van der Waals surface area contributed by atoms with Gasteiger partial charge in [-0.25, -0.2) is 4.79 Å². The van der Waals surface area contributed by atoms with E-state index in [4.69, 9.17) is 0 Å². The van der Waals surface area contributed by atoms with Crippen molar-refractivity contribution in [3.63, 3.8) is 0 Å². The van der Waals surface area contributed by atoms with Crippen molar-refractivity contribution in [2.24, 2.45) is 0 Å². The number of aryl methyl sites for hydroxylation is 1. The van der Waals surface area contributed by atoms with Crippen LogP contribution in [-0.4, -0.2) is 15.0 Å². The Morgan fingerprint density at radius 2 is 1.74 bits per heavy atom. The van der Waals surface area contributed by atoms with Gasteiger partial charge in [-0.3, -0.25) is 18.7 Å². The van der Waals surface area contributed by atoms with Crippen molar-refractivity contribution >= 4 is 27.5 Å². The standard InChI is InChI=1S/C20H18BrN3O3/c1-14-4-2-3-5-15(14)12-23-11-10-19(26)24(20(23)27)13-18(25)22-17-8-6-16(21)7-9-17/h2-11H,12-13H2,1H3,(H,22,25). The number of nitrogens with zero attached hydrogens (tertiary/aromatic N) is 2. The maximum absolute atomic E-state index is 12.7. The Kier molecular flexibility index (Phi) is 5.71. The molecule has 0 radical (unpaired) electrons. The number of aromatic nitrogens is 2. The first-order valence-corrected chi connectivity index (χ1v) is 9.13. The highest BCUT2D eigenvalue weighted by Gasteiger charge is 2.11. The molecule has 1 amide bonds. The molecule has 3 rings (SSSR count). The van der Waals surface area contributed by atoms with Crippen molar-refractivity contribution < 1.29 is 4.79 Å². The van der Waals surface area contributed by atoms with Crippen molar-refractivity contribution in [1.29, 1.82) is 0 Å². The molecule has 0 aliphatic rings. The van der Waals surface area contributed by atoms with Crippen LogP contribution in [0, 0.1) is 6.92 Å². The maximum Gasteiger partial charge on any atom is 0.331 e. The fraction of sp³-hybridized carbons (Fsp3) is 0.150. The highest BCUT2D eigenvalue weighted by molar-refractivity contribution is 9.10. The number of amides is 1. The van der Waals surface area contributed by atoms with E-state index in [1.807, 2.05) is 31.2 Å². The summed E-state index contributed by atoms with van der Waals surface area (Å²) in [6.45, 7) is 1.95. The van der Waals surface area contributed by atoms with Gasteiger partial charge in [0.1, 0.15) is 6.54 Å². The molecule has 1 N–H and O–H groups in total. The van der Waals surface area contributed by atoms with Gasteiger partial charge in [-0.05, 0) is 42.3 Å². The normalized spacial score (nSPS) is 10.6. The van der Waals surface area contributed by atoms with Crippen molar-refractivity contribution in [2.45, 2.75) is 20.0 Å². The zero-order chi connectivity index (χ0) is 19.4. The molecule has 0 unspecified atom stereocenters. The Morgan fingerprint density at radius 1 is 1.04 bits per heavy atom. The summed E-state index contributed by atoms with van der Waals surface area (Å²) in [5.74, 6) is -0.440. The highest BCUT2D eigenvalue weighted by Crippen LogP contribution is 2.14. The van der Waals surface area contributed by atoms with Crippen LogP contribution in [0.4, 0.5) is 5.69 Å². The molecule has 2 aromatic carbocycles. The smallest absolute Gasteiger partial charge is 0.325 e. The van der Waals surface area contributed by atoms with E-state index in [0.29, 0.717) is 12.2 Å². The van der Waals surface area contributed by atoms with Gasteiger partial charge in [0.15, 0.2) is 0 Å². The van der Waals surface area contributed by atoms with E-state index in [1.54, 1.807) is 24.3 Å². The summed E-state index contributed by atoms with van der Waals surface area (Å²) in [6, 6.07) is 16.0. The zero-order valence-corrected chi connectivity index (χ0v) is 16.3. The van der Waals surface area contributed by atoms with Gasteiger partial charge in [-0.1, -0.05) is 40.2 Å². The lowest BCUT2D eigenvalue weighted by Gasteiger charge is -2.11. The molecule has 1 heterocycles. The second-order valence-electron chi connectivity index (χ2n) is 6.13. The number of halogens is 1. The molecule has 0 saturated carbocycles. The number of anilines is 1. The monoisotopic (exact) mass is 427 g/mol. The summed E-state index contributed by atoms with van der Waals surface area (Å²) in [5, 5.41) is 2.68. The summed E-state index contributed by atoms with van der Waals surface area (Å²) in [6.07, 6.45) is 1.46. The van der Waals surface area contributed by atoms with Crippen molar-refractivity contribution in [2.75, 3.05) is 5.32 Å². The molecule has 0 bridgehead atoms. The first kappa shape index (κ1) is 18.8. The van der Waals surface area contributed by atoms with Crippen LogP contribution >= 0.6 is 15.9 Å². The highest BCUT2D eigenvalue weighted by atomic mass is 79.9. The van der Waals surface area contributed by atoms with E-state index in [2.05, 4.69) is 21.2 Å². The van der Waals surface area contributed by atoms with Crippen LogP contribution < -0.4 is 16.6 Å². The minimum Gasteiger partial charge on any atom is -0.325 e. The molecule has 7 heteroatoms. The van der Waals surface area contributed by atoms with E-state index >= 15 is 0 Å². The molecule has 0 fully saturated rings. The third kappa shape index (κ3) is 4.62.